The van der Waals surface area contributed by atoms with Crippen molar-refractivity contribution < 1.29 is 9.90 Å². The molecule has 0 aliphatic carbocycles. The fourth-order valence-electron chi connectivity index (χ4n) is 2.72. The monoisotopic (exact) mass is 298 g/mol. The molecule has 6 heteroatoms. The molecule has 0 aromatic carbocycles. The zero-order valence-corrected chi connectivity index (χ0v) is 12.4. The number of aromatic nitrogens is 3. The molecule has 0 amide bonds. The Balaban J connectivity index is 1.91. The van der Waals surface area contributed by atoms with Crippen molar-refractivity contribution in [2.24, 2.45) is 5.92 Å². The van der Waals surface area contributed by atoms with Crippen LogP contribution in [0.5, 0.6) is 0 Å². The third kappa shape index (κ3) is 3.05. The molecule has 0 saturated carbocycles. The first-order valence-electron chi connectivity index (χ1n) is 7.37. The number of hydrogen-bond acceptors (Lipinski definition) is 5. The molecule has 1 N–H and O–H groups in total. The van der Waals surface area contributed by atoms with Crippen LogP contribution in [-0.4, -0.2) is 39.1 Å². The normalized spacial score (nSPS) is 18.2. The van der Waals surface area contributed by atoms with Gasteiger partial charge >= 0.3 is 5.97 Å². The van der Waals surface area contributed by atoms with Gasteiger partial charge in [0.25, 0.3) is 0 Å². The van der Waals surface area contributed by atoms with Gasteiger partial charge in [-0.05, 0) is 31.9 Å². The van der Waals surface area contributed by atoms with E-state index >= 15 is 0 Å². The average molecular weight is 298 g/mol. The number of hydrogen-bond donors (Lipinski definition) is 1. The first-order chi connectivity index (χ1) is 10.6. The van der Waals surface area contributed by atoms with Gasteiger partial charge in [-0.15, -0.1) is 0 Å². The molecule has 0 bridgehead atoms. The van der Waals surface area contributed by atoms with E-state index in [0.29, 0.717) is 12.4 Å². The SMILES string of the molecule is Cc1cc(N2CCCC(C(=O)O)C2)nc(-c2cccnc2)n1. The number of pyridine rings is 1. The van der Waals surface area contributed by atoms with Crippen LogP contribution in [0.3, 0.4) is 0 Å². The van der Waals surface area contributed by atoms with Gasteiger partial charge < -0.3 is 10.0 Å². The summed E-state index contributed by atoms with van der Waals surface area (Å²) in [7, 11) is 0. The molecule has 1 fully saturated rings. The minimum Gasteiger partial charge on any atom is -0.481 e. The van der Waals surface area contributed by atoms with Crippen LogP contribution in [0.2, 0.25) is 0 Å². The number of piperidine rings is 1. The summed E-state index contributed by atoms with van der Waals surface area (Å²) in [5, 5.41) is 9.22. The number of carboxylic acids is 1. The number of carbonyl (C=O) groups is 1. The Hall–Kier alpha value is -2.50. The minimum absolute atomic E-state index is 0.328. The minimum atomic E-state index is -0.733. The Bertz CT molecular complexity index is 675. The lowest BCUT2D eigenvalue weighted by molar-refractivity contribution is -0.141. The summed E-state index contributed by atoms with van der Waals surface area (Å²) in [6.07, 6.45) is 5.03. The van der Waals surface area contributed by atoms with E-state index in [4.69, 9.17) is 0 Å². The molecule has 0 spiro atoms. The molecule has 22 heavy (non-hydrogen) atoms. The van der Waals surface area contributed by atoms with Gasteiger partial charge in [-0.2, -0.15) is 0 Å². The van der Waals surface area contributed by atoms with E-state index < -0.39 is 5.97 Å². The predicted octanol–water partition coefficient (Wildman–Crippen LogP) is 2.15. The Labute approximate surface area is 128 Å². The molecule has 1 unspecified atom stereocenters. The van der Waals surface area contributed by atoms with Gasteiger partial charge in [-0.25, -0.2) is 9.97 Å². The molecule has 1 atom stereocenters. The van der Waals surface area contributed by atoms with Crippen molar-refractivity contribution in [1.82, 2.24) is 15.0 Å². The largest absolute Gasteiger partial charge is 0.481 e. The van der Waals surface area contributed by atoms with Crippen LogP contribution in [-0.2, 0) is 4.79 Å². The second-order valence-corrected chi connectivity index (χ2v) is 5.56. The quantitative estimate of drug-likeness (QED) is 0.935. The fraction of sp³-hybridized carbons (Fsp3) is 0.375. The van der Waals surface area contributed by atoms with Crippen LogP contribution < -0.4 is 4.90 Å². The van der Waals surface area contributed by atoms with Crippen molar-refractivity contribution in [3.63, 3.8) is 0 Å². The maximum atomic E-state index is 11.2. The van der Waals surface area contributed by atoms with Crippen molar-refractivity contribution in [3.8, 4) is 11.4 Å². The first kappa shape index (κ1) is 14.4. The van der Waals surface area contributed by atoms with Gasteiger partial charge in [0, 0.05) is 42.8 Å². The zero-order valence-electron chi connectivity index (χ0n) is 12.4. The van der Waals surface area contributed by atoms with Gasteiger partial charge in [0.2, 0.25) is 0 Å². The molecule has 1 saturated heterocycles. The number of aryl methyl sites for hydroxylation is 1. The van der Waals surface area contributed by atoms with Gasteiger partial charge in [-0.1, -0.05) is 0 Å². The van der Waals surface area contributed by atoms with Gasteiger partial charge in [0.15, 0.2) is 5.82 Å². The van der Waals surface area contributed by atoms with E-state index in [-0.39, 0.29) is 5.92 Å². The van der Waals surface area contributed by atoms with Crippen molar-refractivity contribution >= 4 is 11.8 Å². The Kier molecular flexibility index (Phi) is 4.00. The molecular formula is C16H18N4O2. The summed E-state index contributed by atoms with van der Waals surface area (Å²) in [5.41, 5.74) is 1.72. The third-order valence-corrected chi connectivity index (χ3v) is 3.86. The molecule has 0 radical (unpaired) electrons. The Morgan fingerprint density at radius 3 is 3.00 bits per heavy atom. The van der Waals surface area contributed by atoms with E-state index in [9.17, 15) is 9.90 Å². The summed E-state index contributed by atoms with van der Waals surface area (Å²) in [6, 6.07) is 5.67. The van der Waals surface area contributed by atoms with Crippen molar-refractivity contribution in [1.29, 1.82) is 0 Å². The molecule has 6 nitrogen and oxygen atoms in total. The molecule has 3 heterocycles. The van der Waals surface area contributed by atoms with Crippen molar-refractivity contribution in [3.05, 3.63) is 36.3 Å². The lowest BCUT2D eigenvalue weighted by Crippen LogP contribution is -2.39. The summed E-state index contributed by atoms with van der Waals surface area (Å²) >= 11 is 0. The van der Waals surface area contributed by atoms with Crippen LogP contribution in [0.25, 0.3) is 11.4 Å². The molecule has 2 aromatic heterocycles. The number of nitrogens with zero attached hydrogens (tertiary/aromatic N) is 4. The number of carboxylic acid groups (broad SMARTS) is 1. The van der Waals surface area contributed by atoms with Crippen LogP contribution >= 0.6 is 0 Å². The van der Waals surface area contributed by atoms with E-state index in [2.05, 4.69) is 15.0 Å². The highest BCUT2D eigenvalue weighted by Crippen LogP contribution is 2.24. The standard InChI is InChI=1S/C16H18N4O2/c1-11-8-14(20-7-3-5-13(10-20)16(21)22)19-15(18-11)12-4-2-6-17-9-12/h2,4,6,8-9,13H,3,5,7,10H2,1H3,(H,21,22). The topological polar surface area (TPSA) is 79.2 Å². The lowest BCUT2D eigenvalue weighted by Gasteiger charge is -2.31. The number of anilines is 1. The smallest absolute Gasteiger partial charge is 0.308 e. The molecule has 1 aliphatic heterocycles. The summed E-state index contributed by atoms with van der Waals surface area (Å²) < 4.78 is 0. The Morgan fingerprint density at radius 1 is 1.41 bits per heavy atom. The summed E-state index contributed by atoms with van der Waals surface area (Å²) in [4.78, 5) is 26.4. The maximum Gasteiger partial charge on any atom is 0.308 e. The highest BCUT2D eigenvalue weighted by molar-refractivity contribution is 5.71. The van der Waals surface area contributed by atoms with Crippen LogP contribution in [0.15, 0.2) is 30.6 Å². The van der Waals surface area contributed by atoms with Gasteiger partial charge in [-0.3, -0.25) is 9.78 Å². The second-order valence-electron chi connectivity index (χ2n) is 5.56. The zero-order chi connectivity index (χ0) is 15.5. The van der Waals surface area contributed by atoms with E-state index in [0.717, 1.165) is 36.5 Å². The van der Waals surface area contributed by atoms with Crippen molar-refractivity contribution in [2.75, 3.05) is 18.0 Å². The van der Waals surface area contributed by atoms with Crippen molar-refractivity contribution in [2.45, 2.75) is 19.8 Å². The highest BCUT2D eigenvalue weighted by Gasteiger charge is 2.26. The first-order valence-corrected chi connectivity index (χ1v) is 7.37. The van der Waals surface area contributed by atoms with E-state index in [1.54, 1.807) is 12.4 Å². The van der Waals surface area contributed by atoms with Gasteiger partial charge in [0.05, 0.1) is 5.92 Å². The third-order valence-electron chi connectivity index (χ3n) is 3.86. The molecule has 1 aliphatic rings. The maximum absolute atomic E-state index is 11.2. The molecule has 114 valence electrons. The molecule has 3 rings (SSSR count). The summed E-state index contributed by atoms with van der Waals surface area (Å²) in [6.45, 7) is 3.24. The van der Waals surface area contributed by atoms with E-state index in [1.165, 1.54) is 0 Å². The average Bonchev–Trinajstić information content (AvgIpc) is 2.55. The summed E-state index contributed by atoms with van der Waals surface area (Å²) in [5.74, 6) is 0.353. The van der Waals surface area contributed by atoms with Gasteiger partial charge in [0.1, 0.15) is 5.82 Å². The fourth-order valence-corrected chi connectivity index (χ4v) is 2.72. The number of rotatable bonds is 3. The van der Waals surface area contributed by atoms with Crippen LogP contribution in [0, 0.1) is 12.8 Å². The molecular weight excluding hydrogens is 280 g/mol. The molecule has 2 aromatic rings. The Morgan fingerprint density at radius 2 is 2.27 bits per heavy atom. The van der Waals surface area contributed by atoms with E-state index in [1.807, 2.05) is 30.0 Å². The highest BCUT2D eigenvalue weighted by atomic mass is 16.4. The second kappa shape index (κ2) is 6.09. The van der Waals surface area contributed by atoms with Crippen LogP contribution in [0.4, 0.5) is 5.82 Å². The van der Waals surface area contributed by atoms with Crippen LogP contribution in [0.1, 0.15) is 18.5 Å². The predicted molar refractivity (Wildman–Crippen MR) is 82.6 cm³/mol. The number of aliphatic carboxylic acids is 1. The lowest BCUT2D eigenvalue weighted by atomic mass is 9.98.